The molecule has 0 unspecified atom stereocenters. The van der Waals surface area contributed by atoms with Crippen LogP contribution in [0.25, 0.3) is 16.0 Å². The van der Waals surface area contributed by atoms with Crippen molar-refractivity contribution in [2.75, 3.05) is 5.32 Å². The minimum Gasteiger partial charge on any atom is -0.326 e. The second-order valence-corrected chi connectivity index (χ2v) is 7.11. The summed E-state index contributed by atoms with van der Waals surface area (Å²) in [7, 11) is 0. The van der Waals surface area contributed by atoms with Crippen molar-refractivity contribution < 1.29 is 18.0 Å². The first-order chi connectivity index (χ1) is 12.8. The van der Waals surface area contributed by atoms with Gasteiger partial charge in [0, 0.05) is 16.8 Å². The molecule has 0 saturated carbocycles. The largest absolute Gasteiger partial charge is 0.417 e. The van der Waals surface area contributed by atoms with Gasteiger partial charge in [-0.15, -0.1) is 11.3 Å². The topological polar surface area (TPSA) is 46.4 Å². The zero-order valence-electron chi connectivity index (χ0n) is 13.5. The highest BCUT2D eigenvalue weighted by atomic mass is 35.5. The van der Waals surface area contributed by atoms with Crippen LogP contribution in [-0.4, -0.2) is 15.3 Å². The highest BCUT2D eigenvalue weighted by molar-refractivity contribution is 7.15. The Morgan fingerprint density at radius 3 is 2.78 bits per heavy atom. The zero-order valence-corrected chi connectivity index (χ0v) is 15.1. The van der Waals surface area contributed by atoms with Gasteiger partial charge < -0.3 is 5.32 Å². The van der Waals surface area contributed by atoms with E-state index in [0.717, 1.165) is 28.1 Å². The third kappa shape index (κ3) is 3.38. The van der Waals surface area contributed by atoms with Gasteiger partial charge in [0.15, 0.2) is 4.96 Å². The number of alkyl halides is 3. The molecule has 4 aromatic rings. The lowest BCUT2D eigenvalue weighted by Gasteiger charge is -2.11. The molecule has 0 aliphatic carbocycles. The smallest absolute Gasteiger partial charge is 0.326 e. The Kier molecular flexibility index (Phi) is 4.32. The second-order valence-electron chi connectivity index (χ2n) is 5.86. The molecule has 0 aliphatic rings. The predicted molar refractivity (Wildman–Crippen MR) is 99.4 cm³/mol. The van der Waals surface area contributed by atoms with Crippen LogP contribution in [0.2, 0.25) is 5.02 Å². The fraction of sp³-hybridized carbons (Fsp3) is 0.111. The fourth-order valence-electron chi connectivity index (χ4n) is 2.84. The summed E-state index contributed by atoms with van der Waals surface area (Å²) in [5.41, 5.74) is 1.46. The van der Waals surface area contributed by atoms with E-state index in [4.69, 9.17) is 11.6 Å². The molecule has 1 amide bonds. The monoisotopic (exact) mass is 409 g/mol. The molecule has 27 heavy (non-hydrogen) atoms. The summed E-state index contributed by atoms with van der Waals surface area (Å²) >= 11 is 7.00. The van der Waals surface area contributed by atoms with E-state index in [1.54, 1.807) is 0 Å². The number of carbonyl (C=O) groups excluding carboxylic acids is 1. The number of nitrogens with zero attached hydrogens (tertiary/aromatic N) is 2. The number of amides is 1. The first kappa shape index (κ1) is 17.8. The Hall–Kier alpha value is -2.58. The number of hydrogen-bond acceptors (Lipinski definition) is 3. The molecule has 1 N–H and O–H groups in total. The lowest BCUT2D eigenvalue weighted by Crippen LogP contribution is -2.16. The van der Waals surface area contributed by atoms with Crippen LogP contribution in [-0.2, 0) is 17.4 Å². The lowest BCUT2D eigenvalue weighted by atomic mass is 10.2. The van der Waals surface area contributed by atoms with Gasteiger partial charge in [0.25, 0.3) is 0 Å². The fourth-order valence-corrected chi connectivity index (χ4v) is 3.97. The molecule has 9 heteroatoms. The van der Waals surface area contributed by atoms with E-state index in [1.807, 2.05) is 34.0 Å². The van der Waals surface area contributed by atoms with Crippen molar-refractivity contribution >= 4 is 50.5 Å². The standard InChI is InChI=1S/C18H11ClF3N3OS/c19-13-6-5-10(7-12(13)18(20,21)22)23-16(26)8-11-9-27-17-24-14-3-1-2-4-15(14)25(11)17/h1-7,9H,8H2,(H,23,26). The van der Waals surface area contributed by atoms with Crippen LogP contribution in [0.4, 0.5) is 18.9 Å². The summed E-state index contributed by atoms with van der Waals surface area (Å²) in [5.74, 6) is -0.428. The van der Waals surface area contributed by atoms with Crippen molar-refractivity contribution in [1.82, 2.24) is 9.38 Å². The normalized spacial score (nSPS) is 12.0. The Labute approximate surface area is 160 Å². The van der Waals surface area contributed by atoms with Crippen molar-refractivity contribution in [3.8, 4) is 0 Å². The Morgan fingerprint density at radius 1 is 1.22 bits per heavy atom. The van der Waals surface area contributed by atoms with Gasteiger partial charge >= 0.3 is 6.18 Å². The Balaban J connectivity index is 1.59. The van der Waals surface area contributed by atoms with Gasteiger partial charge in [-0.1, -0.05) is 23.7 Å². The highest BCUT2D eigenvalue weighted by Crippen LogP contribution is 2.36. The molecule has 0 spiro atoms. The third-order valence-corrected chi connectivity index (χ3v) is 5.22. The molecule has 0 aliphatic heterocycles. The van der Waals surface area contributed by atoms with Gasteiger partial charge in [0.05, 0.1) is 28.0 Å². The van der Waals surface area contributed by atoms with Crippen LogP contribution in [0, 0.1) is 0 Å². The molecule has 0 bridgehead atoms. The molecule has 2 aromatic heterocycles. The summed E-state index contributed by atoms with van der Waals surface area (Å²) in [6, 6.07) is 10.8. The van der Waals surface area contributed by atoms with E-state index in [1.165, 1.54) is 17.4 Å². The van der Waals surface area contributed by atoms with Crippen LogP contribution in [0.1, 0.15) is 11.3 Å². The number of anilines is 1. The summed E-state index contributed by atoms with van der Waals surface area (Å²) in [5, 5.41) is 3.90. The van der Waals surface area contributed by atoms with Crippen molar-refractivity contribution in [2.45, 2.75) is 12.6 Å². The quantitative estimate of drug-likeness (QED) is 0.492. The van der Waals surface area contributed by atoms with E-state index in [2.05, 4.69) is 10.3 Å². The van der Waals surface area contributed by atoms with Crippen molar-refractivity contribution in [3.05, 3.63) is 64.1 Å². The van der Waals surface area contributed by atoms with Crippen LogP contribution in [0.5, 0.6) is 0 Å². The summed E-state index contributed by atoms with van der Waals surface area (Å²) in [6.45, 7) is 0. The van der Waals surface area contributed by atoms with Gasteiger partial charge in [-0.3, -0.25) is 9.20 Å². The average molecular weight is 410 g/mol. The van der Waals surface area contributed by atoms with E-state index in [9.17, 15) is 18.0 Å². The van der Waals surface area contributed by atoms with Crippen LogP contribution in [0.15, 0.2) is 47.8 Å². The van der Waals surface area contributed by atoms with Crippen LogP contribution >= 0.6 is 22.9 Å². The maximum absolute atomic E-state index is 13.0. The molecule has 0 radical (unpaired) electrons. The number of carbonyl (C=O) groups is 1. The zero-order chi connectivity index (χ0) is 19.2. The van der Waals surface area contributed by atoms with Crippen LogP contribution in [0.3, 0.4) is 0 Å². The summed E-state index contributed by atoms with van der Waals surface area (Å²) < 4.78 is 40.7. The first-order valence-corrected chi connectivity index (χ1v) is 9.09. The van der Waals surface area contributed by atoms with Gasteiger partial charge in [-0.05, 0) is 30.3 Å². The molecule has 138 valence electrons. The number of imidazole rings is 1. The number of hydrogen-bond donors (Lipinski definition) is 1. The SMILES string of the molecule is O=C(Cc1csc2nc3ccccc3n12)Nc1ccc(Cl)c(C(F)(F)F)c1. The number of halogens is 4. The molecule has 2 heterocycles. The molecule has 0 saturated heterocycles. The number of thiazole rings is 1. The van der Waals surface area contributed by atoms with Crippen molar-refractivity contribution in [3.63, 3.8) is 0 Å². The minimum absolute atomic E-state index is 0.00430. The number of fused-ring (bicyclic) bond motifs is 3. The summed E-state index contributed by atoms with van der Waals surface area (Å²) in [4.78, 5) is 17.6. The van der Waals surface area contributed by atoms with Gasteiger partial charge in [0.1, 0.15) is 0 Å². The lowest BCUT2D eigenvalue weighted by molar-refractivity contribution is -0.137. The first-order valence-electron chi connectivity index (χ1n) is 7.83. The number of para-hydroxylation sites is 2. The number of rotatable bonds is 3. The molecule has 2 aromatic carbocycles. The maximum atomic E-state index is 13.0. The molecular weight excluding hydrogens is 399 g/mol. The second kappa shape index (κ2) is 6.54. The molecule has 0 atom stereocenters. The van der Waals surface area contributed by atoms with E-state index in [0.29, 0.717) is 5.69 Å². The van der Waals surface area contributed by atoms with E-state index in [-0.39, 0.29) is 12.1 Å². The molecule has 0 fully saturated rings. The van der Waals surface area contributed by atoms with Crippen LogP contribution < -0.4 is 5.32 Å². The van der Waals surface area contributed by atoms with Gasteiger partial charge in [-0.2, -0.15) is 13.2 Å². The Morgan fingerprint density at radius 2 is 2.00 bits per heavy atom. The average Bonchev–Trinajstić information content (AvgIpc) is 3.15. The van der Waals surface area contributed by atoms with Crippen molar-refractivity contribution in [1.29, 1.82) is 0 Å². The van der Waals surface area contributed by atoms with E-state index >= 15 is 0 Å². The molecule has 4 nitrogen and oxygen atoms in total. The molecule has 4 rings (SSSR count). The number of nitrogens with one attached hydrogen (secondary N) is 1. The molecular formula is C18H11ClF3N3OS. The maximum Gasteiger partial charge on any atom is 0.417 e. The predicted octanol–water partition coefficient (Wildman–Crippen LogP) is 5.40. The Bertz CT molecular complexity index is 1170. The number of benzene rings is 2. The summed E-state index contributed by atoms with van der Waals surface area (Å²) in [6.07, 6.45) is -4.59. The minimum atomic E-state index is -4.59. The third-order valence-electron chi connectivity index (χ3n) is 4.01. The highest BCUT2D eigenvalue weighted by Gasteiger charge is 2.33. The van der Waals surface area contributed by atoms with Crippen molar-refractivity contribution in [2.24, 2.45) is 0 Å². The van der Waals surface area contributed by atoms with Gasteiger partial charge in [-0.25, -0.2) is 4.98 Å². The number of aromatic nitrogens is 2. The van der Waals surface area contributed by atoms with Gasteiger partial charge in [0.2, 0.25) is 5.91 Å². The van der Waals surface area contributed by atoms with E-state index < -0.39 is 22.7 Å².